The zero-order chi connectivity index (χ0) is 12.8. The van der Waals surface area contributed by atoms with Gasteiger partial charge in [0.15, 0.2) is 0 Å². The molecule has 2 unspecified atom stereocenters. The fraction of sp³-hybridized carbons (Fsp3) is 0.571. The van der Waals surface area contributed by atoms with Gasteiger partial charge in [0.1, 0.15) is 0 Å². The molecule has 0 aliphatic carbocycles. The first-order valence-corrected chi connectivity index (χ1v) is 6.98. The maximum atomic E-state index is 6.15. The van der Waals surface area contributed by atoms with E-state index in [1.807, 2.05) is 12.1 Å². The highest BCUT2D eigenvalue weighted by Gasteiger charge is 2.11. The van der Waals surface area contributed by atoms with Gasteiger partial charge in [-0.05, 0) is 36.5 Å². The molecule has 0 saturated heterocycles. The zero-order valence-corrected chi connectivity index (χ0v) is 12.1. The molecule has 1 nitrogen and oxygen atoms in total. The van der Waals surface area contributed by atoms with E-state index in [1.54, 1.807) is 6.07 Å². The topological polar surface area (TPSA) is 26.0 Å². The third-order valence-corrected chi connectivity index (χ3v) is 3.57. The predicted molar refractivity (Wildman–Crippen MR) is 76.8 cm³/mol. The van der Waals surface area contributed by atoms with E-state index >= 15 is 0 Å². The lowest BCUT2D eigenvalue weighted by Gasteiger charge is -2.17. The summed E-state index contributed by atoms with van der Waals surface area (Å²) in [6.45, 7) is 4.46. The summed E-state index contributed by atoms with van der Waals surface area (Å²) in [5.74, 6) is 0.682. The first kappa shape index (κ1) is 14.8. The fourth-order valence-corrected chi connectivity index (χ4v) is 2.67. The first-order valence-electron chi connectivity index (χ1n) is 6.22. The monoisotopic (exact) mass is 273 g/mol. The lowest BCUT2D eigenvalue weighted by atomic mass is 9.94. The van der Waals surface area contributed by atoms with Gasteiger partial charge in [0, 0.05) is 16.1 Å². The molecule has 0 aliphatic rings. The predicted octanol–water partition coefficient (Wildman–Crippen LogP) is 4.69. The maximum absolute atomic E-state index is 6.15. The van der Waals surface area contributed by atoms with Crippen molar-refractivity contribution in [3.63, 3.8) is 0 Å². The summed E-state index contributed by atoms with van der Waals surface area (Å²) in [6, 6.07) is 5.79. The van der Waals surface area contributed by atoms with E-state index < -0.39 is 0 Å². The summed E-state index contributed by atoms with van der Waals surface area (Å²) in [7, 11) is 0. The lowest BCUT2D eigenvalue weighted by molar-refractivity contribution is 0.431. The van der Waals surface area contributed by atoms with Crippen LogP contribution in [0.5, 0.6) is 0 Å². The lowest BCUT2D eigenvalue weighted by Crippen LogP contribution is -2.25. The van der Waals surface area contributed by atoms with Crippen LogP contribution in [0.1, 0.15) is 38.7 Å². The molecule has 0 heterocycles. The van der Waals surface area contributed by atoms with Gasteiger partial charge in [-0.1, -0.05) is 56.0 Å². The SMILES string of the molecule is CCCC(C)CC(N)Cc1ccc(Cl)cc1Cl. The minimum absolute atomic E-state index is 0.176. The van der Waals surface area contributed by atoms with Crippen LogP contribution in [0.4, 0.5) is 0 Å². The molecule has 0 saturated carbocycles. The average Bonchev–Trinajstić information content (AvgIpc) is 2.22. The quantitative estimate of drug-likeness (QED) is 0.800. The third kappa shape index (κ3) is 5.29. The van der Waals surface area contributed by atoms with Gasteiger partial charge in [0.25, 0.3) is 0 Å². The Bertz CT molecular complexity index is 352. The molecular weight excluding hydrogens is 253 g/mol. The number of nitrogens with two attached hydrogens (primary N) is 1. The van der Waals surface area contributed by atoms with E-state index in [1.165, 1.54) is 12.8 Å². The van der Waals surface area contributed by atoms with Gasteiger partial charge in [-0.2, -0.15) is 0 Å². The minimum atomic E-state index is 0.176. The van der Waals surface area contributed by atoms with E-state index in [4.69, 9.17) is 28.9 Å². The molecule has 0 radical (unpaired) electrons. The molecule has 96 valence electrons. The molecule has 1 aromatic carbocycles. The third-order valence-electron chi connectivity index (χ3n) is 2.98. The molecule has 0 aliphatic heterocycles. The van der Waals surface area contributed by atoms with Crippen molar-refractivity contribution in [3.8, 4) is 0 Å². The molecular formula is C14H21Cl2N. The highest BCUT2D eigenvalue weighted by molar-refractivity contribution is 6.35. The molecule has 1 aromatic rings. The smallest absolute Gasteiger partial charge is 0.0453 e. The van der Waals surface area contributed by atoms with Crippen LogP contribution in [0.25, 0.3) is 0 Å². The summed E-state index contributed by atoms with van der Waals surface area (Å²) in [5.41, 5.74) is 7.24. The summed E-state index contributed by atoms with van der Waals surface area (Å²) in [4.78, 5) is 0. The second-order valence-electron chi connectivity index (χ2n) is 4.83. The van der Waals surface area contributed by atoms with Gasteiger partial charge in [-0.15, -0.1) is 0 Å². The second-order valence-corrected chi connectivity index (χ2v) is 5.67. The highest BCUT2D eigenvalue weighted by atomic mass is 35.5. The standard InChI is InChI=1S/C14H21Cl2N/c1-3-4-10(2)7-13(17)8-11-5-6-12(15)9-14(11)16/h5-6,9-10,13H,3-4,7-8,17H2,1-2H3. The van der Waals surface area contributed by atoms with Crippen molar-refractivity contribution in [1.82, 2.24) is 0 Å². The van der Waals surface area contributed by atoms with Crippen molar-refractivity contribution in [2.45, 2.75) is 45.6 Å². The van der Waals surface area contributed by atoms with Crippen molar-refractivity contribution in [3.05, 3.63) is 33.8 Å². The van der Waals surface area contributed by atoms with Crippen molar-refractivity contribution >= 4 is 23.2 Å². The Labute approximate surface area is 114 Å². The summed E-state index contributed by atoms with van der Waals surface area (Å²) in [5, 5.41) is 1.39. The first-order chi connectivity index (χ1) is 8.02. The van der Waals surface area contributed by atoms with Crippen LogP contribution in [0.15, 0.2) is 18.2 Å². The number of hydrogen-bond donors (Lipinski definition) is 1. The van der Waals surface area contributed by atoms with Crippen molar-refractivity contribution in [2.24, 2.45) is 11.7 Å². The Hall–Kier alpha value is -0.240. The molecule has 2 atom stereocenters. The van der Waals surface area contributed by atoms with E-state index in [2.05, 4.69) is 13.8 Å². The summed E-state index contributed by atoms with van der Waals surface area (Å²) in [6.07, 6.45) is 4.33. The van der Waals surface area contributed by atoms with Gasteiger partial charge in [-0.25, -0.2) is 0 Å². The van der Waals surface area contributed by atoms with Gasteiger partial charge in [0.05, 0.1) is 0 Å². The van der Waals surface area contributed by atoms with Crippen molar-refractivity contribution in [2.75, 3.05) is 0 Å². The molecule has 2 N–H and O–H groups in total. The van der Waals surface area contributed by atoms with Crippen LogP contribution in [0.3, 0.4) is 0 Å². The number of benzene rings is 1. The number of hydrogen-bond acceptors (Lipinski definition) is 1. The van der Waals surface area contributed by atoms with Crippen molar-refractivity contribution in [1.29, 1.82) is 0 Å². The zero-order valence-electron chi connectivity index (χ0n) is 10.5. The molecule has 0 amide bonds. The minimum Gasteiger partial charge on any atom is -0.327 e. The Morgan fingerprint density at radius 2 is 2.00 bits per heavy atom. The number of rotatable bonds is 6. The van der Waals surface area contributed by atoms with Gasteiger partial charge >= 0.3 is 0 Å². The molecule has 1 rings (SSSR count). The Morgan fingerprint density at radius 1 is 1.29 bits per heavy atom. The van der Waals surface area contributed by atoms with Crippen molar-refractivity contribution < 1.29 is 0 Å². The van der Waals surface area contributed by atoms with Crippen LogP contribution < -0.4 is 5.73 Å². The molecule has 0 aromatic heterocycles. The van der Waals surface area contributed by atoms with E-state index in [0.717, 1.165) is 23.4 Å². The Kier molecular flexibility index (Phi) is 6.32. The Balaban J connectivity index is 2.52. The molecule has 0 spiro atoms. The molecule has 17 heavy (non-hydrogen) atoms. The highest BCUT2D eigenvalue weighted by Crippen LogP contribution is 2.23. The number of halogens is 2. The summed E-state index contributed by atoms with van der Waals surface area (Å²) >= 11 is 12.0. The molecule has 3 heteroatoms. The van der Waals surface area contributed by atoms with E-state index in [-0.39, 0.29) is 6.04 Å². The van der Waals surface area contributed by atoms with Gasteiger partial charge in [0.2, 0.25) is 0 Å². The van der Waals surface area contributed by atoms with Crippen LogP contribution in [-0.4, -0.2) is 6.04 Å². The molecule has 0 fully saturated rings. The van der Waals surface area contributed by atoms with Crippen LogP contribution in [0, 0.1) is 5.92 Å². The van der Waals surface area contributed by atoms with Crippen LogP contribution in [-0.2, 0) is 6.42 Å². The average molecular weight is 274 g/mol. The second kappa shape index (κ2) is 7.25. The largest absolute Gasteiger partial charge is 0.327 e. The summed E-state index contributed by atoms with van der Waals surface area (Å²) < 4.78 is 0. The van der Waals surface area contributed by atoms with Gasteiger partial charge < -0.3 is 5.73 Å². The normalized spacial score (nSPS) is 14.6. The van der Waals surface area contributed by atoms with Crippen LogP contribution >= 0.6 is 23.2 Å². The van der Waals surface area contributed by atoms with E-state index in [0.29, 0.717) is 10.9 Å². The van der Waals surface area contributed by atoms with E-state index in [9.17, 15) is 0 Å². The Morgan fingerprint density at radius 3 is 2.59 bits per heavy atom. The molecule has 0 bridgehead atoms. The van der Waals surface area contributed by atoms with Gasteiger partial charge in [-0.3, -0.25) is 0 Å². The fourth-order valence-electron chi connectivity index (χ4n) is 2.18. The van der Waals surface area contributed by atoms with Crippen LogP contribution in [0.2, 0.25) is 10.0 Å². The maximum Gasteiger partial charge on any atom is 0.0453 e.